The van der Waals surface area contributed by atoms with Crippen molar-refractivity contribution in [2.75, 3.05) is 41.7 Å². The predicted molar refractivity (Wildman–Crippen MR) is 133 cm³/mol. The molecule has 3 aromatic rings. The molecule has 0 saturated carbocycles. The van der Waals surface area contributed by atoms with Crippen molar-refractivity contribution in [2.24, 2.45) is 7.05 Å². The van der Waals surface area contributed by atoms with Gasteiger partial charge < -0.3 is 14.8 Å². The van der Waals surface area contributed by atoms with Crippen molar-refractivity contribution < 1.29 is 0 Å². The van der Waals surface area contributed by atoms with Crippen molar-refractivity contribution in [1.82, 2.24) is 29.4 Å². The zero-order chi connectivity index (χ0) is 23.3. The Morgan fingerprint density at radius 1 is 0.906 bits per heavy atom. The average molecular weight is 440 g/mol. The zero-order valence-corrected chi connectivity index (χ0v) is 20.4. The average Bonchev–Trinajstić information content (AvgIpc) is 3.07. The summed E-state index contributed by atoms with van der Waals surface area (Å²) in [5.41, 5.74) is 1.98. The molecular weight excluding hydrogens is 402 g/mol. The molecule has 174 valence electrons. The summed E-state index contributed by atoms with van der Waals surface area (Å²) in [6, 6.07) is 9.00. The molecule has 1 aromatic carbocycles. The van der Waals surface area contributed by atoms with Gasteiger partial charge in [-0.1, -0.05) is 12.1 Å². The Labute approximate surface area is 191 Å². The van der Waals surface area contributed by atoms with Gasteiger partial charge in [-0.3, -0.25) is 10.2 Å². The van der Waals surface area contributed by atoms with E-state index in [2.05, 4.69) is 81.9 Å². The number of anilines is 4. The van der Waals surface area contributed by atoms with Crippen LogP contribution in [0.3, 0.4) is 0 Å². The number of rotatable bonds is 11. The number of aryl methyl sites for hydroxylation is 1. The zero-order valence-electron chi connectivity index (χ0n) is 20.4. The maximum absolute atomic E-state index is 4.69. The monoisotopic (exact) mass is 439 g/mol. The van der Waals surface area contributed by atoms with E-state index in [0.29, 0.717) is 35.9 Å². The van der Waals surface area contributed by atoms with Gasteiger partial charge >= 0.3 is 0 Å². The fourth-order valence-corrected chi connectivity index (χ4v) is 3.91. The Hall–Kier alpha value is -2.94. The number of benzene rings is 1. The first-order chi connectivity index (χ1) is 15.3. The number of fused-ring (bicyclic) bond motifs is 1. The molecule has 0 fully saturated rings. The molecule has 3 rings (SSSR count). The van der Waals surface area contributed by atoms with Crippen LogP contribution in [0, 0.1) is 0 Å². The van der Waals surface area contributed by atoms with E-state index in [1.165, 1.54) is 0 Å². The summed E-state index contributed by atoms with van der Waals surface area (Å²) in [5, 5.41) is 6.69. The molecule has 2 aromatic heterocycles. The summed E-state index contributed by atoms with van der Waals surface area (Å²) in [6.07, 6.45) is 0. The second-order valence-electron chi connectivity index (χ2n) is 8.42. The Kier molecular flexibility index (Phi) is 7.84. The maximum atomic E-state index is 4.69. The first-order valence-electron chi connectivity index (χ1n) is 11.5. The Balaban J connectivity index is 1.85. The predicted octanol–water partition coefficient (Wildman–Crippen LogP) is 3.88. The van der Waals surface area contributed by atoms with Crippen LogP contribution in [0.25, 0.3) is 11.0 Å². The highest BCUT2D eigenvalue weighted by atomic mass is 15.3. The SMILES string of the molecule is CCN(CC)c1nc(NCCN(C(C)C)C(C)C)nc(Nc2nc3ccccc3n2C)n1. The lowest BCUT2D eigenvalue weighted by atomic mass is 10.2. The standard InChI is InChI=1S/C23H37N9/c1-8-31(9-2)23-27-20(24-14-15-32(16(3)4)17(5)6)26-21(29-23)28-22-25-18-12-10-11-13-19(18)30(22)7/h10-13,16-17H,8-9,14-15H2,1-7H3,(H2,24,25,26,27,28,29). The van der Waals surface area contributed by atoms with Gasteiger partial charge in [-0.2, -0.15) is 15.0 Å². The second-order valence-corrected chi connectivity index (χ2v) is 8.42. The van der Waals surface area contributed by atoms with Crippen LogP contribution in [0.4, 0.5) is 23.8 Å². The molecule has 32 heavy (non-hydrogen) atoms. The molecular formula is C23H37N9. The van der Waals surface area contributed by atoms with Crippen molar-refractivity contribution in [3.63, 3.8) is 0 Å². The van der Waals surface area contributed by atoms with Crippen LogP contribution in [-0.4, -0.2) is 67.7 Å². The van der Waals surface area contributed by atoms with Gasteiger partial charge in [0.05, 0.1) is 11.0 Å². The number of hydrogen-bond acceptors (Lipinski definition) is 8. The van der Waals surface area contributed by atoms with Gasteiger partial charge in [0.15, 0.2) is 0 Å². The number of imidazole rings is 1. The van der Waals surface area contributed by atoms with Gasteiger partial charge in [-0.15, -0.1) is 0 Å². The minimum absolute atomic E-state index is 0.479. The van der Waals surface area contributed by atoms with E-state index in [4.69, 9.17) is 0 Å². The third-order valence-corrected chi connectivity index (χ3v) is 5.66. The summed E-state index contributed by atoms with van der Waals surface area (Å²) < 4.78 is 2.01. The molecule has 0 aliphatic rings. The summed E-state index contributed by atoms with van der Waals surface area (Å²) in [6.45, 7) is 16.4. The second kappa shape index (κ2) is 10.6. The summed E-state index contributed by atoms with van der Waals surface area (Å²) in [7, 11) is 1.98. The van der Waals surface area contributed by atoms with Crippen molar-refractivity contribution in [1.29, 1.82) is 0 Å². The van der Waals surface area contributed by atoms with Crippen molar-refractivity contribution in [2.45, 2.75) is 53.6 Å². The molecule has 9 heteroatoms. The molecule has 2 N–H and O–H groups in total. The molecule has 0 radical (unpaired) electrons. The maximum Gasteiger partial charge on any atom is 0.236 e. The topological polar surface area (TPSA) is 87.0 Å². The number of hydrogen-bond donors (Lipinski definition) is 2. The largest absolute Gasteiger partial charge is 0.353 e. The minimum Gasteiger partial charge on any atom is -0.353 e. The number of nitrogens with zero attached hydrogens (tertiary/aromatic N) is 7. The van der Waals surface area contributed by atoms with Gasteiger partial charge in [-0.05, 0) is 53.7 Å². The van der Waals surface area contributed by atoms with Crippen molar-refractivity contribution in [3.8, 4) is 0 Å². The van der Waals surface area contributed by atoms with E-state index in [1.807, 2.05) is 35.9 Å². The van der Waals surface area contributed by atoms with Crippen LogP contribution < -0.4 is 15.5 Å². The Bertz CT molecular complexity index is 1000. The number of para-hydroxylation sites is 2. The van der Waals surface area contributed by atoms with Gasteiger partial charge in [0.1, 0.15) is 0 Å². The minimum atomic E-state index is 0.479. The highest BCUT2D eigenvalue weighted by molar-refractivity contribution is 5.79. The van der Waals surface area contributed by atoms with E-state index >= 15 is 0 Å². The molecule has 0 amide bonds. The van der Waals surface area contributed by atoms with E-state index in [9.17, 15) is 0 Å². The quantitative estimate of drug-likeness (QED) is 0.465. The Morgan fingerprint density at radius 3 is 2.19 bits per heavy atom. The summed E-state index contributed by atoms with van der Waals surface area (Å²) in [5.74, 6) is 2.39. The van der Waals surface area contributed by atoms with E-state index in [0.717, 1.165) is 37.2 Å². The first kappa shape index (κ1) is 23.7. The lowest BCUT2D eigenvalue weighted by molar-refractivity contribution is 0.182. The Morgan fingerprint density at radius 2 is 1.56 bits per heavy atom. The van der Waals surface area contributed by atoms with E-state index in [1.54, 1.807) is 0 Å². The summed E-state index contributed by atoms with van der Waals surface area (Å²) >= 11 is 0. The number of nitrogens with one attached hydrogen (secondary N) is 2. The first-order valence-corrected chi connectivity index (χ1v) is 11.5. The third kappa shape index (κ3) is 5.45. The van der Waals surface area contributed by atoms with Crippen LogP contribution in [0.15, 0.2) is 24.3 Å². The third-order valence-electron chi connectivity index (χ3n) is 5.66. The van der Waals surface area contributed by atoms with Gasteiger partial charge in [0.2, 0.25) is 23.8 Å². The van der Waals surface area contributed by atoms with Crippen LogP contribution in [0.1, 0.15) is 41.5 Å². The lowest BCUT2D eigenvalue weighted by Gasteiger charge is -2.30. The van der Waals surface area contributed by atoms with Crippen LogP contribution >= 0.6 is 0 Å². The smallest absolute Gasteiger partial charge is 0.236 e. The number of aromatic nitrogens is 5. The molecule has 0 unspecified atom stereocenters. The summed E-state index contributed by atoms with van der Waals surface area (Å²) in [4.78, 5) is 23.2. The highest BCUT2D eigenvalue weighted by Gasteiger charge is 2.16. The molecule has 0 aliphatic carbocycles. The van der Waals surface area contributed by atoms with Gasteiger partial charge in [0.25, 0.3) is 0 Å². The lowest BCUT2D eigenvalue weighted by Crippen LogP contribution is -2.40. The van der Waals surface area contributed by atoms with Crippen LogP contribution in [0.5, 0.6) is 0 Å². The molecule has 0 bridgehead atoms. The normalized spacial score (nSPS) is 11.7. The molecule has 0 atom stereocenters. The van der Waals surface area contributed by atoms with Crippen molar-refractivity contribution >= 4 is 34.8 Å². The molecule has 2 heterocycles. The van der Waals surface area contributed by atoms with Crippen LogP contribution in [0.2, 0.25) is 0 Å². The molecule has 0 spiro atoms. The molecule has 9 nitrogen and oxygen atoms in total. The van der Waals surface area contributed by atoms with Crippen LogP contribution in [-0.2, 0) is 7.05 Å². The fraction of sp³-hybridized carbons (Fsp3) is 0.565. The fourth-order valence-electron chi connectivity index (χ4n) is 3.91. The van der Waals surface area contributed by atoms with Gasteiger partial charge in [0, 0.05) is 45.3 Å². The highest BCUT2D eigenvalue weighted by Crippen LogP contribution is 2.21. The van der Waals surface area contributed by atoms with E-state index < -0.39 is 0 Å². The molecule has 0 saturated heterocycles. The van der Waals surface area contributed by atoms with E-state index in [-0.39, 0.29) is 0 Å². The molecule has 0 aliphatic heterocycles. The van der Waals surface area contributed by atoms with Gasteiger partial charge in [-0.25, -0.2) is 4.98 Å². The van der Waals surface area contributed by atoms with Crippen molar-refractivity contribution in [3.05, 3.63) is 24.3 Å².